The third-order valence-electron chi connectivity index (χ3n) is 3.95. The molecule has 2 bridgehead atoms. The first kappa shape index (κ1) is 13.1. The smallest absolute Gasteiger partial charge is 0.364 e. The first-order chi connectivity index (χ1) is 9.47. The van der Waals surface area contributed by atoms with Crippen LogP contribution >= 0.6 is 0 Å². The number of amides is 1. The lowest BCUT2D eigenvalue weighted by atomic mass is 10.1. The summed E-state index contributed by atoms with van der Waals surface area (Å²) >= 11 is 0. The number of fused-ring (bicyclic) bond motifs is 2. The standard InChI is InChI=1S/C12H13F3N4O/c13-12(14,15)10-1-2-11(18-17-10)16-8-3-7-4-9(8)19(5-7)6-20/h1-2,6-9H,3-5H2,(H,16,18)/t7-,8+,9-/m0/s1. The van der Waals surface area contributed by atoms with Gasteiger partial charge >= 0.3 is 6.18 Å². The van der Waals surface area contributed by atoms with Gasteiger partial charge in [-0.15, -0.1) is 10.2 Å². The van der Waals surface area contributed by atoms with Gasteiger partial charge in [-0.2, -0.15) is 13.2 Å². The number of nitrogens with zero attached hydrogens (tertiary/aromatic N) is 3. The molecule has 108 valence electrons. The van der Waals surface area contributed by atoms with E-state index in [1.165, 1.54) is 6.07 Å². The van der Waals surface area contributed by atoms with Gasteiger partial charge < -0.3 is 10.2 Å². The van der Waals surface area contributed by atoms with Crippen LogP contribution < -0.4 is 5.32 Å². The number of aromatic nitrogens is 2. The molecule has 0 spiro atoms. The van der Waals surface area contributed by atoms with Gasteiger partial charge in [0.1, 0.15) is 5.82 Å². The van der Waals surface area contributed by atoms with Crippen molar-refractivity contribution in [3.05, 3.63) is 17.8 Å². The van der Waals surface area contributed by atoms with Gasteiger partial charge in [-0.25, -0.2) is 0 Å². The van der Waals surface area contributed by atoms with E-state index in [0.29, 0.717) is 11.7 Å². The zero-order chi connectivity index (χ0) is 14.3. The molecule has 2 fully saturated rings. The molecule has 5 nitrogen and oxygen atoms in total. The molecule has 1 aliphatic heterocycles. The highest BCUT2D eigenvalue weighted by Gasteiger charge is 2.44. The lowest BCUT2D eigenvalue weighted by Crippen LogP contribution is -2.44. The molecule has 1 saturated carbocycles. The maximum absolute atomic E-state index is 12.4. The average molecular weight is 286 g/mol. The Morgan fingerprint density at radius 3 is 2.65 bits per heavy atom. The molecular weight excluding hydrogens is 273 g/mol. The molecule has 1 saturated heterocycles. The number of halogens is 3. The molecule has 3 atom stereocenters. The second kappa shape index (κ2) is 4.60. The van der Waals surface area contributed by atoms with Crippen LogP contribution in [0.25, 0.3) is 0 Å². The summed E-state index contributed by atoms with van der Waals surface area (Å²) in [5, 5.41) is 9.80. The first-order valence-corrected chi connectivity index (χ1v) is 6.36. The topological polar surface area (TPSA) is 58.1 Å². The summed E-state index contributed by atoms with van der Waals surface area (Å²) in [4.78, 5) is 12.6. The van der Waals surface area contributed by atoms with Crippen LogP contribution in [-0.2, 0) is 11.0 Å². The van der Waals surface area contributed by atoms with Gasteiger partial charge in [-0.05, 0) is 30.9 Å². The van der Waals surface area contributed by atoms with E-state index in [4.69, 9.17) is 0 Å². The Morgan fingerprint density at radius 1 is 1.30 bits per heavy atom. The highest BCUT2D eigenvalue weighted by atomic mass is 19.4. The van der Waals surface area contributed by atoms with Gasteiger partial charge in [-0.3, -0.25) is 4.79 Å². The largest absolute Gasteiger partial charge is 0.435 e. The molecule has 8 heteroatoms. The molecule has 1 amide bonds. The normalized spacial score (nSPS) is 28.8. The van der Waals surface area contributed by atoms with Gasteiger partial charge in [0.25, 0.3) is 0 Å². The number of rotatable bonds is 3. The minimum atomic E-state index is -4.48. The summed E-state index contributed by atoms with van der Waals surface area (Å²) in [5.74, 6) is 0.770. The van der Waals surface area contributed by atoms with Crippen LogP contribution in [0.15, 0.2) is 12.1 Å². The summed E-state index contributed by atoms with van der Waals surface area (Å²) in [6, 6.07) is 2.30. The van der Waals surface area contributed by atoms with Crippen molar-refractivity contribution in [3.8, 4) is 0 Å². The van der Waals surface area contributed by atoms with E-state index in [1.54, 1.807) is 4.90 Å². The van der Waals surface area contributed by atoms with E-state index in [-0.39, 0.29) is 12.1 Å². The van der Waals surface area contributed by atoms with Gasteiger partial charge in [0.2, 0.25) is 6.41 Å². The lowest BCUT2D eigenvalue weighted by molar-refractivity contribution is -0.141. The maximum Gasteiger partial charge on any atom is 0.435 e. The van der Waals surface area contributed by atoms with Crippen molar-refractivity contribution < 1.29 is 18.0 Å². The first-order valence-electron chi connectivity index (χ1n) is 6.36. The number of carbonyl (C=O) groups is 1. The van der Waals surface area contributed by atoms with Crippen LogP contribution in [0.1, 0.15) is 18.5 Å². The minimum Gasteiger partial charge on any atom is -0.364 e. The SMILES string of the molecule is O=CN1C[C@H]2C[C@@H](Nc3ccc(C(F)(F)F)nn3)[C@@H]1C2. The third kappa shape index (κ3) is 2.30. The van der Waals surface area contributed by atoms with E-state index in [2.05, 4.69) is 15.5 Å². The molecule has 0 radical (unpaired) electrons. The summed E-state index contributed by atoms with van der Waals surface area (Å²) in [6.45, 7) is 0.769. The summed E-state index contributed by atoms with van der Waals surface area (Å²) in [7, 11) is 0. The highest BCUT2D eigenvalue weighted by molar-refractivity contribution is 5.50. The van der Waals surface area contributed by atoms with Crippen molar-refractivity contribution in [1.29, 1.82) is 0 Å². The number of hydrogen-bond acceptors (Lipinski definition) is 4. The molecule has 2 aliphatic rings. The van der Waals surface area contributed by atoms with E-state index in [9.17, 15) is 18.0 Å². The molecule has 1 aliphatic carbocycles. The number of anilines is 1. The molecule has 0 unspecified atom stereocenters. The van der Waals surface area contributed by atoms with E-state index in [1.807, 2.05) is 0 Å². The molecule has 2 heterocycles. The number of likely N-dealkylation sites (tertiary alicyclic amines) is 1. The molecule has 20 heavy (non-hydrogen) atoms. The molecule has 1 aromatic rings. The minimum absolute atomic E-state index is 0.0324. The van der Waals surface area contributed by atoms with Crippen molar-refractivity contribution >= 4 is 12.2 Å². The lowest BCUT2D eigenvalue weighted by Gasteiger charge is -2.31. The summed E-state index contributed by atoms with van der Waals surface area (Å²) in [6.07, 6.45) is -1.81. The zero-order valence-corrected chi connectivity index (χ0v) is 10.5. The van der Waals surface area contributed by atoms with E-state index >= 15 is 0 Å². The van der Waals surface area contributed by atoms with Gasteiger partial charge in [0.05, 0.1) is 6.04 Å². The number of piperidine rings is 1. The summed E-state index contributed by atoms with van der Waals surface area (Å²) < 4.78 is 37.1. The number of carbonyl (C=O) groups excluding carboxylic acids is 1. The number of nitrogens with one attached hydrogen (secondary N) is 1. The Bertz CT molecular complexity index is 504. The number of hydrogen-bond donors (Lipinski definition) is 1. The Hall–Kier alpha value is -1.86. The van der Waals surface area contributed by atoms with Crippen LogP contribution in [0.5, 0.6) is 0 Å². The molecule has 1 aromatic heterocycles. The van der Waals surface area contributed by atoms with Gasteiger partial charge in [0.15, 0.2) is 5.69 Å². The predicted molar refractivity (Wildman–Crippen MR) is 63.7 cm³/mol. The predicted octanol–water partition coefficient (Wildman–Crippen LogP) is 1.53. The second-order valence-corrected chi connectivity index (χ2v) is 5.26. The van der Waals surface area contributed by atoms with Crippen molar-refractivity contribution in [2.24, 2.45) is 5.92 Å². The van der Waals surface area contributed by atoms with Crippen molar-refractivity contribution in [1.82, 2.24) is 15.1 Å². The van der Waals surface area contributed by atoms with Crippen molar-refractivity contribution in [2.45, 2.75) is 31.1 Å². The molecule has 0 aromatic carbocycles. The monoisotopic (exact) mass is 286 g/mol. The van der Waals surface area contributed by atoms with Crippen LogP contribution in [0.2, 0.25) is 0 Å². The van der Waals surface area contributed by atoms with Crippen molar-refractivity contribution in [3.63, 3.8) is 0 Å². The average Bonchev–Trinajstić information content (AvgIpc) is 2.97. The number of alkyl halides is 3. The second-order valence-electron chi connectivity index (χ2n) is 5.26. The van der Waals surface area contributed by atoms with Crippen LogP contribution in [0.4, 0.5) is 19.0 Å². The Balaban J connectivity index is 1.68. The van der Waals surface area contributed by atoms with E-state index < -0.39 is 11.9 Å². The molecular formula is C12H13F3N4O. The van der Waals surface area contributed by atoms with Crippen LogP contribution in [0, 0.1) is 5.92 Å². The third-order valence-corrected chi connectivity index (χ3v) is 3.95. The highest BCUT2D eigenvalue weighted by Crippen LogP contribution is 2.38. The quantitative estimate of drug-likeness (QED) is 0.856. The summed E-state index contributed by atoms with van der Waals surface area (Å²) in [5.41, 5.74) is -1.01. The maximum atomic E-state index is 12.4. The zero-order valence-electron chi connectivity index (χ0n) is 10.5. The van der Waals surface area contributed by atoms with E-state index in [0.717, 1.165) is 31.9 Å². The van der Waals surface area contributed by atoms with Gasteiger partial charge in [0, 0.05) is 12.6 Å². The fourth-order valence-electron chi connectivity index (χ4n) is 3.09. The molecule has 3 rings (SSSR count). The Labute approximate surface area is 113 Å². The fourth-order valence-corrected chi connectivity index (χ4v) is 3.09. The Kier molecular flexibility index (Phi) is 3.02. The van der Waals surface area contributed by atoms with Crippen LogP contribution in [0.3, 0.4) is 0 Å². The van der Waals surface area contributed by atoms with Gasteiger partial charge in [-0.1, -0.05) is 0 Å². The van der Waals surface area contributed by atoms with Crippen LogP contribution in [-0.4, -0.2) is 40.1 Å². The fraction of sp³-hybridized carbons (Fsp3) is 0.583. The van der Waals surface area contributed by atoms with Crippen molar-refractivity contribution in [2.75, 3.05) is 11.9 Å². The Morgan fingerprint density at radius 2 is 2.10 bits per heavy atom. The molecule has 1 N–H and O–H groups in total.